The van der Waals surface area contributed by atoms with Crippen molar-refractivity contribution in [1.82, 2.24) is 0 Å². The van der Waals surface area contributed by atoms with E-state index in [1.807, 2.05) is 0 Å². The molecule has 0 aliphatic heterocycles. The third-order valence-corrected chi connectivity index (χ3v) is 2.84. The lowest BCUT2D eigenvalue weighted by Crippen LogP contribution is -2.71. The van der Waals surface area contributed by atoms with Crippen LogP contribution in [-0.2, 0) is 0 Å². The van der Waals surface area contributed by atoms with Gasteiger partial charge in [-0.1, -0.05) is 0 Å². The zero-order valence-corrected chi connectivity index (χ0v) is 11.7. The standard InChI is InChI=1S/C9F19/c10-1(3(13,14)8(23,24)25)2(11,12)4(15,16)5(17,18)6(19,20)7(21,22)9(26,27)28. The summed E-state index contributed by atoms with van der Waals surface area (Å²) in [6, 6.07) is 0. The van der Waals surface area contributed by atoms with Crippen LogP contribution in [-0.4, -0.2) is 47.9 Å². The van der Waals surface area contributed by atoms with Crippen LogP contribution >= 0.6 is 0 Å². The van der Waals surface area contributed by atoms with Crippen LogP contribution in [0.2, 0.25) is 0 Å². The maximum absolute atomic E-state index is 12.9. The van der Waals surface area contributed by atoms with Gasteiger partial charge in [0.05, 0.1) is 0 Å². The summed E-state index contributed by atoms with van der Waals surface area (Å²) < 4.78 is 235. The molecule has 0 aliphatic carbocycles. The van der Waals surface area contributed by atoms with Gasteiger partial charge >= 0.3 is 47.9 Å². The van der Waals surface area contributed by atoms with Crippen LogP contribution in [0.3, 0.4) is 0 Å². The van der Waals surface area contributed by atoms with Gasteiger partial charge in [0.1, 0.15) is 0 Å². The van der Waals surface area contributed by atoms with Crippen molar-refractivity contribution in [3.8, 4) is 0 Å². The number of hydrogen-bond donors (Lipinski definition) is 0. The molecule has 0 aliphatic rings. The van der Waals surface area contributed by atoms with Crippen LogP contribution in [0.4, 0.5) is 83.4 Å². The SMILES string of the molecule is F[C](C(F)(F)C(F)(F)F)C(F)(F)C(F)(F)C(F)(F)C(F)(F)C(F)(F)C(F)(F)F. The van der Waals surface area contributed by atoms with E-state index in [0.717, 1.165) is 0 Å². The molecule has 19 heteroatoms. The second-order valence-corrected chi connectivity index (χ2v) is 4.76. The maximum atomic E-state index is 12.9. The van der Waals surface area contributed by atoms with Crippen molar-refractivity contribution in [2.75, 3.05) is 0 Å². The average Bonchev–Trinajstić information content (AvgIpc) is 2.42. The molecule has 0 spiro atoms. The fourth-order valence-corrected chi connectivity index (χ4v) is 1.23. The first kappa shape index (κ1) is 26.7. The summed E-state index contributed by atoms with van der Waals surface area (Å²) in [5.74, 6) is -50.2. The molecule has 28 heavy (non-hydrogen) atoms. The van der Waals surface area contributed by atoms with E-state index in [-0.39, 0.29) is 0 Å². The maximum Gasteiger partial charge on any atom is 0.460 e. The van der Waals surface area contributed by atoms with E-state index in [0.29, 0.717) is 0 Å². The summed E-state index contributed by atoms with van der Waals surface area (Å²) >= 11 is 0. The molecule has 0 aromatic carbocycles. The molecule has 0 saturated carbocycles. The molecule has 0 aromatic heterocycles. The summed E-state index contributed by atoms with van der Waals surface area (Å²) in [4.78, 5) is 0. The minimum absolute atomic E-state index is 5.76. The van der Waals surface area contributed by atoms with Crippen molar-refractivity contribution in [1.29, 1.82) is 0 Å². The monoisotopic (exact) mass is 469 g/mol. The van der Waals surface area contributed by atoms with Gasteiger partial charge < -0.3 is 0 Å². The van der Waals surface area contributed by atoms with Crippen LogP contribution in [0.15, 0.2) is 0 Å². The Kier molecular flexibility index (Phi) is 6.03. The Balaban J connectivity index is 6.56. The highest BCUT2D eigenvalue weighted by Crippen LogP contribution is 2.63. The molecular formula is C9F19. The first-order chi connectivity index (χ1) is 11.7. The molecular weight excluding hydrogens is 469 g/mol. The minimum Gasteiger partial charge on any atom is -0.226 e. The highest BCUT2D eigenvalue weighted by molar-refractivity contribution is 5.19. The Labute approximate surface area is 139 Å². The third-order valence-electron chi connectivity index (χ3n) is 2.84. The smallest absolute Gasteiger partial charge is 0.226 e. The normalized spacial score (nSPS) is 16.7. The molecule has 0 atom stereocenters. The van der Waals surface area contributed by atoms with E-state index in [1.165, 1.54) is 0 Å². The molecule has 0 aromatic rings. The molecule has 0 nitrogen and oxygen atoms in total. The second kappa shape index (κ2) is 6.33. The zero-order valence-electron chi connectivity index (χ0n) is 11.7. The lowest BCUT2D eigenvalue weighted by molar-refractivity contribution is -0.443. The number of rotatable bonds is 6. The predicted molar refractivity (Wildman–Crippen MR) is 46.1 cm³/mol. The summed E-state index contributed by atoms with van der Waals surface area (Å²) in [6.07, 6.45) is -21.1. The Morgan fingerprint density at radius 1 is 0.321 bits per heavy atom. The molecule has 0 bridgehead atoms. The van der Waals surface area contributed by atoms with Gasteiger partial charge in [0.2, 0.25) is 0 Å². The van der Waals surface area contributed by atoms with Crippen molar-refractivity contribution >= 4 is 0 Å². The van der Waals surface area contributed by atoms with E-state index in [1.54, 1.807) is 0 Å². The van der Waals surface area contributed by atoms with E-state index >= 15 is 0 Å². The molecule has 0 amide bonds. The van der Waals surface area contributed by atoms with Gasteiger partial charge in [0.25, 0.3) is 6.17 Å². The van der Waals surface area contributed by atoms with Gasteiger partial charge in [-0.05, 0) is 0 Å². The summed E-state index contributed by atoms with van der Waals surface area (Å²) in [5.41, 5.74) is 0. The lowest BCUT2D eigenvalue weighted by atomic mass is 9.90. The Morgan fingerprint density at radius 2 is 0.607 bits per heavy atom. The van der Waals surface area contributed by atoms with Gasteiger partial charge in [0, 0.05) is 0 Å². The second-order valence-electron chi connectivity index (χ2n) is 4.76. The average molecular weight is 469 g/mol. The summed E-state index contributed by atoms with van der Waals surface area (Å²) in [6.45, 7) is 0. The van der Waals surface area contributed by atoms with E-state index in [4.69, 9.17) is 0 Å². The van der Waals surface area contributed by atoms with Gasteiger partial charge in [0.15, 0.2) is 0 Å². The Hall–Kier alpha value is -1.33. The molecule has 1 radical (unpaired) electrons. The molecule has 0 saturated heterocycles. The Morgan fingerprint density at radius 3 is 0.857 bits per heavy atom. The van der Waals surface area contributed by atoms with Gasteiger partial charge in [-0.15, -0.1) is 0 Å². The largest absolute Gasteiger partial charge is 0.460 e. The van der Waals surface area contributed by atoms with E-state index < -0.39 is 54.1 Å². The van der Waals surface area contributed by atoms with Gasteiger partial charge in [-0.2, -0.15) is 79.0 Å². The molecule has 169 valence electrons. The quantitative estimate of drug-likeness (QED) is 0.394. The third kappa shape index (κ3) is 3.30. The van der Waals surface area contributed by atoms with Crippen LogP contribution in [0.25, 0.3) is 0 Å². The van der Waals surface area contributed by atoms with Crippen molar-refractivity contribution < 1.29 is 83.4 Å². The van der Waals surface area contributed by atoms with Crippen molar-refractivity contribution in [3.05, 3.63) is 6.17 Å². The first-order valence-electron chi connectivity index (χ1n) is 5.59. The van der Waals surface area contributed by atoms with Crippen molar-refractivity contribution in [2.45, 2.75) is 47.9 Å². The fourth-order valence-electron chi connectivity index (χ4n) is 1.23. The van der Waals surface area contributed by atoms with Crippen molar-refractivity contribution in [2.24, 2.45) is 0 Å². The van der Waals surface area contributed by atoms with Gasteiger partial charge in [-0.25, -0.2) is 4.39 Å². The predicted octanol–water partition coefficient (Wildman–Crippen LogP) is 6.42. The summed E-state index contributed by atoms with van der Waals surface area (Å²) in [7, 11) is 0. The zero-order chi connectivity index (χ0) is 23.6. The lowest BCUT2D eigenvalue weighted by Gasteiger charge is -2.40. The molecule has 0 fully saturated rings. The van der Waals surface area contributed by atoms with Crippen LogP contribution in [0, 0.1) is 6.17 Å². The van der Waals surface area contributed by atoms with Gasteiger partial charge in [-0.3, -0.25) is 0 Å². The van der Waals surface area contributed by atoms with Crippen LogP contribution in [0.1, 0.15) is 0 Å². The number of alkyl halides is 18. The highest BCUT2D eigenvalue weighted by atomic mass is 19.4. The van der Waals surface area contributed by atoms with Crippen molar-refractivity contribution in [3.63, 3.8) is 0 Å². The molecule has 0 unspecified atom stereocenters. The fraction of sp³-hybridized carbons (Fsp3) is 0.889. The number of hydrogen-bond acceptors (Lipinski definition) is 0. The highest BCUT2D eigenvalue weighted by Gasteiger charge is 2.93. The topological polar surface area (TPSA) is 0 Å². The molecule has 0 heterocycles. The minimum atomic E-state index is -8.71. The van der Waals surface area contributed by atoms with E-state index in [2.05, 4.69) is 0 Å². The molecule has 0 rings (SSSR count). The first-order valence-corrected chi connectivity index (χ1v) is 5.59. The molecule has 0 N–H and O–H groups in total. The number of halogens is 19. The Bertz CT molecular complexity index is 561. The van der Waals surface area contributed by atoms with E-state index in [9.17, 15) is 83.4 Å². The summed E-state index contributed by atoms with van der Waals surface area (Å²) in [5, 5.41) is 0. The van der Waals surface area contributed by atoms with Crippen LogP contribution < -0.4 is 0 Å². The van der Waals surface area contributed by atoms with Crippen LogP contribution in [0.5, 0.6) is 0 Å².